The quantitative estimate of drug-likeness (QED) is 0.472. The normalized spacial score (nSPS) is 11.0. The lowest BCUT2D eigenvalue weighted by atomic mass is 10.1. The molecule has 0 saturated carbocycles. The smallest absolute Gasteiger partial charge is 0.195 e. The minimum absolute atomic E-state index is 0.934. The Labute approximate surface area is 148 Å². The van der Waals surface area contributed by atoms with Gasteiger partial charge in [0.1, 0.15) is 5.82 Å². The molecule has 1 aromatic heterocycles. The SMILES string of the molecule is Cc1ccc(-n2c(C)nnc2SCCCc2ccccc2)cc1C. The van der Waals surface area contributed by atoms with Crippen LogP contribution in [0.2, 0.25) is 0 Å². The third kappa shape index (κ3) is 3.88. The molecule has 0 fully saturated rings. The van der Waals surface area contributed by atoms with Gasteiger partial charge in [-0.2, -0.15) is 0 Å². The highest BCUT2D eigenvalue weighted by Crippen LogP contribution is 2.24. The number of benzene rings is 2. The summed E-state index contributed by atoms with van der Waals surface area (Å²) in [5.41, 5.74) is 5.14. The molecule has 0 radical (unpaired) electrons. The fraction of sp³-hybridized carbons (Fsp3) is 0.300. The summed E-state index contributed by atoms with van der Waals surface area (Å²) < 4.78 is 2.15. The predicted molar refractivity (Wildman–Crippen MR) is 101 cm³/mol. The third-order valence-corrected chi connectivity index (χ3v) is 5.24. The highest BCUT2D eigenvalue weighted by atomic mass is 32.2. The van der Waals surface area contributed by atoms with E-state index in [0.717, 1.165) is 35.3 Å². The van der Waals surface area contributed by atoms with E-state index in [1.807, 2.05) is 6.92 Å². The lowest BCUT2D eigenvalue weighted by Crippen LogP contribution is -2.00. The van der Waals surface area contributed by atoms with Crippen LogP contribution in [-0.2, 0) is 6.42 Å². The number of nitrogens with zero attached hydrogens (tertiary/aromatic N) is 3. The molecule has 0 bridgehead atoms. The zero-order valence-electron chi connectivity index (χ0n) is 14.5. The number of aryl methyl sites for hydroxylation is 4. The lowest BCUT2D eigenvalue weighted by Gasteiger charge is -2.10. The van der Waals surface area contributed by atoms with Crippen LogP contribution in [0.1, 0.15) is 28.9 Å². The van der Waals surface area contributed by atoms with E-state index in [1.54, 1.807) is 11.8 Å². The molecule has 0 spiro atoms. The average molecular weight is 337 g/mol. The molecule has 2 aromatic carbocycles. The number of hydrogen-bond donors (Lipinski definition) is 0. The van der Waals surface area contributed by atoms with Gasteiger partial charge in [-0.25, -0.2) is 0 Å². The van der Waals surface area contributed by atoms with E-state index in [-0.39, 0.29) is 0 Å². The summed E-state index contributed by atoms with van der Waals surface area (Å²) in [6.45, 7) is 6.29. The van der Waals surface area contributed by atoms with Crippen molar-refractivity contribution >= 4 is 11.8 Å². The van der Waals surface area contributed by atoms with Gasteiger partial charge in [-0.15, -0.1) is 10.2 Å². The summed E-state index contributed by atoms with van der Waals surface area (Å²) in [5, 5.41) is 9.61. The van der Waals surface area contributed by atoms with Crippen LogP contribution in [0.3, 0.4) is 0 Å². The van der Waals surface area contributed by atoms with Gasteiger partial charge in [-0.1, -0.05) is 48.2 Å². The van der Waals surface area contributed by atoms with Gasteiger partial charge in [0.15, 0.2) is 5.16 Å². The van der Waals surface area contributed by atoms with Crippen LogP contribution in [0.25, 0.3) is 5.69 Å². The molecular formula is C20H23N3S. The Morgan fingerprint density at radius 2 is 1.71 bits per heavy atom. The van der Waals surface area contributed by atoms with Crippen molar-refractivity contribution in [3.63, 3.8) is 0 Å². The lowest BCUT2D eigenvalue weighted by molar-refractivity contribution is 0.859. The van der Waals surface area contributed by atoms with Gasteiger partial charge >= 0.3 is 0 Å². The molecule has 0 aliphatic rings. The van der Waals surface area contributed by atoms with Crippen molar-refractivity contribution in [3.8, 4) is 5.69 Å². The molecule has 0 amide bonds. The first-order chi connectivity index (χ1) is 11.6. The average Bonchev–Trinajstić information content (AvgIpc) is 2.96. The number of hydrogen-bond acceptors (Lipinski definition) is 3. The van der Waals surface area contributed by atoms with Gasteiger partial charge in [-0.05, 0) is 62.4 Å². The van der Waals surface area contributed by atoms with E-state index in [1.165, 1.54) is 16.7 Å². The van der Waals surface area contributed by atoms with Crippen molar-refractivity contribution in [2.45, 2.75) is 38.8 Å². The minimum atomic E-state index is 0.934. The van der Waals surface area contributed by atoms with Crippen LogP contribution in [0.15, 0.2) is 53.7 Å². The van der Waals surface area contributed by atoms with Gasteiger partial charge in [0, 0.05) is 11.4 Å². The van der Waals surface area contributed by atoms with Crippen molar-refractivity contribution in [3.05, 3.63) is 71.0 Å². The monoisotopic (exact) mass is 337 g/mol. The topological polar surface area (TPSA) is 30.7 Å². The highest BCUT2D eigenvalue weighted by molar-refractivity contribution is 7.99. The predicted octanol–water partition coefficient (Wildman–Crippen LogP) is 4.92. The van der Waals surface area contributed by atoms with Gasteiger partial charge in [-0.3, -0.25) is 4.57 Å². The number of aromatic nitrogens is 3. The molecule has 3 rings (SSSR count). The first-order valence-electron chi connectivity index (χ1n) is 8.31. The molecule has 0 aliphatic heterocycles. The van der Waals surface area contributed by atoms with Crippen LogP contribution in [0.4, 0.5) is 0 Å². The molecule has 1 heterocycles. The van der Waals surface area contributed by atoms with E-state index in [2.05, 4.69) is 77.1 Å². The summed E-state index contributed by atoms with van der Waals surface area (Å²) in [6, 6.07) is 17.1. The molecule has 0 aliphatic carbocycles. The first kappa shape index (κ1) is 16.8. The summed E-state index contributed by atoms with van der Waals surface area (Å²) >= 11 is 1.78. The van der Waals surface area contributed by atoms with Crippen molar-refractivity contribution in [1.29, 1.82) is 0 Å². The van der Waals surface area contributed by atoms with Crippen molar-refractivity contribution in [1.82, 2.24) is 14.8 Å². The molecular weight excluding hydrogens is 314 g/mol. The molecule has 0 saturated heterocycles. The molecule has 24 heavy (non-hydrogen) atoms. The van der Waals surface area contributed by atoms with E-state index in [0.29, 0.717) is 0 Å². The Kier molecular flexibility index (Phi) is 5.36. The van der Waals surface area contributed by atoms with Crippen molar-refractivity contribution in [2.75, 3.05) is 5.75 Å². The third-order valence-electron chi connectivity index (χ3n) is 4.23. The molecule has 4 heteroatoms. The summed E-state index contributed by atoms with van der Waals surface area (Å²) in [6.07, 6.45) is 2.23. The second kappa shape index (κ2) is 7.67. The van der Waals surface area contributed by atoms with Crippen LogP contribution >= 0.6 is 11.8 Å². The van der Waals surface area contributed by atoms with Gasteiger partial charge in [0.25, 0.3) is 0 Å². The van der Waals surface area contributed by atoms with Crippen LogP contribution in [0, 0.1) is 20.8 Å². The van der Waals surface area contributed by atoms with Gasteiger partial charge in [0.2, 0.25) is 0 Å². The van der Waals surface area contributed by atoms with E-state index in [9.17, 15) is 0 Å². The summed E-state index contributed by atoms with van der Waals surface area (Å²) in [7, 11) is 0. The fourth-order valence-corrected chi connectivity index (χ4v) is 3.62. The Morgan fingerprint density at radius 3 is 2.46 bits per heavy atom. The fourth-order valence-electron chi connectivity index (χ4n) is 2.68. The summed E-state index contributed by atoms with van der Waals surface area (Å²) in [4.78, 5) is 0. The molecule has 3 nitrogen and oxygen atoms in total. The maximum absolute atomic E-state index is 4.36. The Balaban J connectivity index is 1.67. The van der Waals surface area contributed by atoms with E-state index in [4.69, 9.17) is 0 Å². The van der Waals surface area contributed by atoms with Crippen LogP contribution in [-0.4, -0.2) is 20.5 Å². The summed E-state index contributed by atoms with van der Waals surface area (Å²) in [5.74, 6) is 1.97. The molecule has 0 N–H and O–H groups in total. The Bertz CT molecular complexity index is 809. The highest BCUT2D eigenvalue weighted by Gasteiger charge is 2.11. The molecule has 3 aromatic rings. The maximum Gasteiger partial charge on any atom is 0.195 e. The Morgan fingerprint density at radius 1 is 0.917 bits per heavy atom. The van der Waals surface area contributed by atoms with E-state index < -0.39 is 0 Å². The van der Waals surface area contributed by atoms with Crippen molar-refractivity contribution in [2.24, 2.45) is 0 Å². The largest absolute Gasteiger partial charge is 0.274 e. The molecule has 124 valence electrons. The van der Waals surface area contributed by atoms with Crippen LogP contribution < -0.4 is 0 Å². The number of rotatable bonds is 6. The van der Waals surface area contributed by atoms with E-state index >= 15 is 0 Å². The second-order valence-corrected chi connectivity index (χ2v) is 7.13. The maximum atomic E-state index is 4.36. The standard InChI is InChI=1S/C20H23N3S/c1-15-11-12-19(14-16(15)2)23-17(3)21-22-20(23)24-13-7-10-18-8-5-4-6-9-18/h4-6,8-9,11-12,14H,7,10,13H2,1-3H3. The molecule has 0 unspecified atom stereocenters. The molecule has 0 atom stereocenters. The zero-order valence-corrected chi connectivity index (χ0v) is 15.3. The first-order valence-corrected chi connectivity index (χ1v) is 9.30. The van der Waals surface area contributed by atoms with Crippen molar-refractivity contribution < 1.29 is 0 Å². The Hall–Kier alpha value is -2.07. The van der Waals surface area contributed by atoms with Gasteiger partial charge < -0.3 is 0 Å². The minimum Gasteiger partial charge on any atom is -0.274 e. The number of thioether (sulfide) groups is 1. The van der Waals surface area contributed by atoms with Crippen LogP contribution in [0.5, 0.6) is 0 Å². The zero-order chi connectivity index (χ0) is 16.9. The second-order valence-electron chi connectivity index (χ2n) is 6.07. The van der Waals surface area contributed by atoms with Gasteiger partial charge in [0.05, 0.1) is 0 Å².